The number of hydrogen-bond donors (Lipinski definition) is 3. The van der Waals surface area contributed by atoms with Gasteiger partial charge in [0, 0.05) is 52.3 Å². The van der Waals surface area contributed by atoms with E-state index in [4.69, 9.17) is 28.8 Å². The lowest BCUT2D eigenvalue weighted by Gasteiger charge is -2.21. The van der Waals surface area contributed by atoms with E-state index in [9.17, 15) is 19.2 Å². The van der Waals surface area contributed by atoms with Crippen LogP contribution in [0.15, 0.2) is 134 Å². The molecule has 0 spiro atoms. The quantitative estimate of drug-likeness (QED) is 0.0257. The van der Waals surface area contributed by atoms with Crippen molar-refractivity contribution in [3.05, 3.63) is 134 Å². The summed E-state index contributed by atoms with van der Waals surface area (Å²) in [5, 5.41) is 14.3. The van der Waals surface area contributed by atoms with Gasteiger partial charge in [-0.3, -0.25) is 0 Å². The summed E-state index contributed by atoms with van der Waals surface area (Å²) in [4.78, 5) is 47.9. The molecule has 2 atom stereocenters. The van der Waals surface area contributed by atoms with Crippen LogP contribution in [-0.4, -0.2) is 97.4 Å². The summed E-state index contributed by atoms with van der Waals surface area (Å²) in [7, 11) is 0. The van der Waals surface area contributed by atoms with Gasteiger partial charge >= 0.3 is 24.1 Å². The molecule has 2 unspecified atom stereocenters. The number of ether oxygens (including phenoxy) is 5. The normalized spacial score (nSPS) is 11.6. The molecule has 4 aromatic carbocycles. The molecule has 0 saturated carbocycles. The van der Waals surface area contributed by atoms with Gasteiger partial charge in [-0.05, 0) is 29.7 Å². The van der Waals surface area contributed by atoms with E-state index in [0.29, 0.717) is 34.5 Å². The van der Waals surface area contributed by atoms with Crippen molar-refractivity contribution in [3.63, 3.8) is 0 Å². The first-order valence-corrected chi connectivity index (χ1v) is 20.8. The van der Waals surface area contributed by atoms with E-state index < -0.39 is 36.3 Å². The van der Waals surface area contributed by atoms with E-state index >= 15 is 0 Å². The fourth-order valence-corrected chi connectivity index (χ4v) is 7.35. The molecular weight excluding hydrogens is 781 g/mol. The summed E-state index contributed by atoms with van der Waals surface area (Å²) in [6.45, 7) is 7.11. The highest BCUT2D eigenvalue weighted by atomic mass is 32.2. The number of carboxylic acids is 1. The molecule has 0 fully saturated rings. The van der Waals surface area contributed by atoms with Crippen LogP contribution in [0.5, 0.6) is 11.5 Å². The molecule has 0 bridgehead atoms. The molecule has 306 valence electrons. The van der Waals surface area contributed by atoms with Crippen molar-refractivity contribution < 1.29 is 48.0 Å². The molecule has 0 aromatic heterocycles. The molecule has 0 aliphatic rings. The van der Waals surface area contributed by atoms with Gasteiger partial charge in [0.05, 0.1) is 6.54 Å². The number of carbonyl (C=O) groups excluding carboxylic acids is 3. The number of esters is 1. The zero-order chi connectivity index (χ0) is 41.4. The van der Waals surface area contributed by atoms with Crippen LogP contribution in [0.4, 0.5) is 9.59 Å². The Morgan fingerprint density at radius 3 is 1.57 bits per heavy atom. The molecule has 0 aliphatic carbocycles. The highest BCUT2D eigenvalue weighted by Gasteiger charge is 2.20. The third-order valence-electron chi connectivity index (χ3n) is 8.10. The number of nitrogens with one attached hydrogen (secondary N) is 2. The van der Waals surface area contributed by atoms with Crippen molar-refractivity contribution in [2.24, 2.45) is 0 Å². The minimum Gasteiger partial charge on any atom is -0.489 e. The number of aliphatic carboxylic acids is 1. The minimum atomic E-state index is -1.13. The maximum Gasteiger partial charge on any atom is 0.407 e. The van der Waals surface area contributed by atoms with Crippen molar-refractivity contribution >= 4 is 47.6 Å². The first-order valence-electron chi connectivity index (χ1n) is 18.5. The Bertz CT molecular complexity index is 1930. The van der Waals surface area contributed by atoms with Gasteiger partial charge < -0.3 is 39.4 Å². The Hall–Kier alpha value is -5.86. The fraction of sp³-hybridized carbons (Fsp3) is 0.273. The lowest BCUT2D eigenvalue weighted by Crippen LogP contribution is -2.35. The number of amides is 2. The first kappa shape index (κ1) is 44.8. The van der Waals surface area contributed by atoms with Gasteiger partial charge in [-0.1, -0.05) is 110 Å². The molecule has 14 heteroatoms. The highest BCUT2D eigenvalue weighted by Crippen LogP contribution is 2.31. The van der Waals surface area contributed by atoms with Gasteiger partial charge in [-0.25, -0.2) is 19.2 Å². The zero-order valence-corrected chi connectivity index (χ0v) is 33.7. The van der Waals surface area contributed by atoms with Crippen LogP contribution in [0, 0.1) is 0 Å². The van der Waals surface area contributed by atoms with Crippen LogP contribution < -0.4 is 20.1 Å². The number of thioether (sulfide) groups is 2. The smallest absolute Gasteiger partial charge is 0.407 e. The molecule has 58 heavy (non-hydrogen) atoms. The molecule has 0 heterocycles. The van der Waals surface area contributed by atoms with Crippen LogP contribution in [-0.2, 0) is 23.8 Å². The third kappa shape index (κ3) is 16.3. The van der Waals surface area contributed by atoms with Crippen molar-refractivity contribution in [2.45, 2.75) is 18.6 Å². The van der Waals surface area contributed by atoms with Crippen LogP contribution in [0.1, 0.15) is 6.42 Å². The number of carboxylic acid groups (broad SMARTS) is 1. The van der Waals surface area contributed by atoms with Gasteiger partial charge in [-0.15, -0.1) is 0 Å². The van der Waals surface area contributed by atoms with Gasteiger partial charge in [0.1, 0.15) is 43.5 Å². The highest BCUT2D eigenvalue weighted by molar-refractivity contribution is 8.02. The van der Waals surface area contributed by atoms with Crippen molar-refractivity contribution in [1.29, 1.82) is 0 Å². The van der Waals surface area contributed by atoms with Crippen LogP contribution in [0.25, 0.3) is 22.3 Å². The number of hydrogen-bond acceptors (Lipinski definition) is 11. The van der Waals surface area contributed by atoms with Gasteiger partial charge in [-0.2, -0.15) is 23.5 Å². The predicted molar refractivity (Wildman–Crippen MR) is 228 cm³/mol. The van der Waals surface area contributed by atoms with Crippen LogP contribution in [0.2, 0.25) is 0 Å². The van der Waals surface area contributed by atoms with Gasteiger partial charge in [0.25, 0.3) is 0 Å². The molecule has 0 aliphatic heterocycles. The van der Waals surface area contributed by atoms with Crippen molar-refractivity contribution in [2.75, 3.05) is 55.9 Å². The van der Waals surface area contributed by atoms with E-state index in [1.165, 1.54) is 0 Å². The second kappa shape index (κ2) is 25.4. The maximum absolute atomic E-state index is 12.7. The standard InChI is InChI=1S/C44H48N2O10S2/c1-3-41(47)52-25-24-46-44(51)56-36(29-54-40-21-13-11-19-38(40)34-16-8-5-9-17-34)31-58-27-26-57-30-35(55-43(50)45-23-22-32(2)42(48)49)28-53-39-20-12-10-18-37(39)33-14-6-4-7-15-33/h3-21,35-36H,1-2,22-31H2,(H,45,50)(H,46,51)(H,48,49). The number of alkyl carbamates (subject to hydrolysis) is 2. The molecule has 2 amide bonds. The van der Waals surface area contributed by atoms with Crippen molar-refractivity contribution in [1.82, 2.24) is 10.6 Å². The predicted octanol–water partition coefficient (Wildman–Crippen LogP) is 7.89. The lowest BCUT2D eigenvalue weighted by molar-refractivity contribution is -0.137. The molecular formula is C44H48N2O10S2. The third-order valence-corrected chi connectivity index (χ3v) is 10.6. The number of benzene rings is 4. The Labute approximate surface area is 347 Å². The van der Waals surface area contributed by atoms with Crippen LogP contribution in [0.3, 0.4) is 0 Å². The topological polar surface area (TPSA) is 159 Å². The zero-order valence-electron chi connectivity index (χ0n) is 32.0. The molecule has 0 saturated heterocycles. The Kier molecular flexibility index (Phi) is 19.6. The maximum atomic E-state index is 12.7. The minimum absolute atomic E-state index is 0.0193. The number of rotatable bonds is 25. The van der Waals surface area contributed by atoms with E-state index in [2.05, 4.69) is 23.8 Å². The second-order valence-electron chi connectivity index (χ2n) is 12.4. The summed E-state index contributed by atoms with van der Waals surface area (Å²) >= 11 is 3.14. The average Bonchev–Trinajstić information content (AvgIpc) is 3.25. The summed E-state index contributed by atoms with van der Waals surface area (Å²) in [5.74, 6) is 1.78. The average molecular weight is 829 g/mol. The summed E-state index contributed by atoms with van der Waals surface area (Å²) < 4.78 is 28.8. The Morgan fingerprint density at radius 1 is 0.655 bits per heavy atom. The van der Waals surface area contributed by atoms with E-state index in [1.54, 1.807) is 23.5 Å². The lowest BCUT2D eigenvalue weighted by atomic mass is 10.1. The Morgan fingerprint density at radius 2 is 1.10 bits per heavy atom. The number of para-hydroxylation sites is 2. The molecule has 4 aromatic rings. The van der Waals surface area contributed by atoms with Crippen molar-refractivity contribution in [3.8, 4) is 33.8 Å². The van der Waals surface area contributed by atoms with Gasteiger partial charge in [0.2, 0.25) is 0 Å². The molecule has 4 rings (SSSR count). The largest absolute Gasteiger partial charge is 0.489 e. The molecule has 12 nitrogen and oxygen atoms in total. The summed E-state index contributed by atoms with van der Waals surface area (Å²) in [6, 6.07) is 34.9. The first-order chi connectivity index (χ1) is 28.2. The van der Waals surface area contributed by atoms with E-state index in [1.807, 2.05) is 109 Å². The summed E-state index contributed by atoms with van der Waals surface area (Å²) in [5.41, 5.74) is 3.76. The van der Waals surface area contributed by atoms with E-state index in [0.717, 1.165) is 28.3 Å². The number of carbonyl (C=O) groups is 4. The van der Waals surface area contributed by atoms with E-state index in [-0.39, 0.29) is 44.9 Å². The van der Waals surface area contributed by atoms with Crippen LogP contribution >= 0.6 is 23.5 Å². The Balaban J connectivity index is 1.33. The second-order valence-corrected chi connectivity index (χ2v) is 14.7. The SMILES string of the molecule is C=CC(=O)OCCNC(=O)OC(COc1ccccc1-c1ccccc1)CSCCSCC(COc1ccccc1-c1ccccc1)OC(=O)NCCC(=C)C(=O)O. The fourth-order valence-electron chi connectivity index (χ4n) is 5.21. The molecule has 3 N–H and O–H groups in total. The molecule has 0 radical (unpaired) electrons. The summed E-state index contributed by atoms with van der Waals surface area (Å²) in [6.07, 6.45) is -1.50. The van der Waals surface area contributed by atoms with Gasteiger partial charge in [0.15, 0.2) is 0 Å². The monoisotopic (exact) mass is 828 g/mol.